The average molecular weight is 243 g/mol. The first-order valence-corrected chi connectivity index (χ1v) is 5.86. The number of anilines is 2. The number of hydrogen-bond donors (Lipinski definition) is 2. The molecule has 0 radical (unpaired) electrons. The van der Waals surface area contributed by atoms with Crippen molar-refractivity contribution in [3.63, 3.8) is 0 Å². The minimum atomic E-state index is 0.650. The monoisotopic (exact) mass is 243 g/mol. The Morgan fingerprint density at radius 2 is 2.00 bits per heavy atom. The molecule has 0 atom stereocenters. The van der Waals surface area contributed by atoms with Crippen LogP contribution in [0.25, 0.3) is 0 Å². The number of pyridine rings is 1. The number of methoxy groups -OCH3 is 1. The van der Waals surface area contributed by atoms with Crippen molar-refractivity contribution in [1.29, 1.82) is 0 Å². The van der Waals surface area contributed by atoms with E-state index in [4.69, 9.17) is 10.5 Å². The molecule has 1 heterocycles. The van der Waals surface area contributed by atoms with E-state index in [-0.39, 0.29) is 0 Å². The van der Waals surface area contributed by atoms with Gasteiger partial charge in [-0.05, 0) is 36.2 Å². The molecule has 0 saturated carbocycles. The largest absolute Gasteiger partial charge is 0.495 e. The van der Waals surface area contributed by atoms with E-state index in [1.165, 1.54) is 5.56 Å². The number of nitrogens with zero attached hydrogens (tertiary/aromatic N) is 1. The number of hydrogen-bond acceptors (Lipinski definition) is 4. The number of nitrogens with one attached hydrogen (secondary N) is 1. The first-order valence-electron chi connectivity index (χ1n) is 5.86. The summed E-state index contributed by atoms with van der Waals surface area (Å²) in [5.41, 5.74) is 8.68. The van der Waals surface area contributed by atoms with E-state index in [1.807, 2.05) is 42.7 Å². The molecular weight excluding hydrogens is 226 g/mol. The molecule has 0 aliphatic rings. The van der Waals surface area contributed by atoms with Crippen LogP contribution in [0.4, 0.5) is 11.4 Å². The van der Waals surface area contributed by atoms with Gasteiger partial charge in [0.1, 0.15) is 5.75 Å². The summed E-state index contributed by atoms with van der Waals surface area (Å²) >= 11 is 0. The average Bonchev–Trinajstić information content (AvgIpc) is 2.42. The van der Waals surface area contributed by atoms with Gasteiger partial charge in [0.2, 0.25) is 0 Å². The zero-order chi connectivity index (χ0) is 12.8. The molecule has 0 bridgehead atoms. The molecular formula is C14H17N3O. The van der Waals surface area contributed by atoms with Gasteiger partial charge < -0.3 is 15.8 Å². The van der Waals surface area contributed by atoms with Crippen LogP contribution < -0.4 is 15.8 Å². The van der Waals surface area contributed by atoms with Crippen LogP contribution in [-0.4, -0.2) is 18.6 Å². The Balaban J connectivity index is 1.91. The molecule has 4 nitrogen and oxygen atoms in total. The maximum atomic E-state index is 5.76. The normalized spacial score (nSPS) is 10.1. The minimum absolute atomic E-state index is 0.650. The fourth-order valence-electron chi connectivity index (χ4n) is 1.72. The van der Waals surface area contributed by atoms with Crippen LogP contribution >= 0.6 is 0 Å². The molecule has 0 aliphatic carbocycles. The zero-order valence-electron chi connectivity index (χ0n) is 10.4. The maximum Gasteiger partial charge on any atom is 0.143 e. The Labute approximate surface area is 107 Å². The fourth-order valence-corrected chi connectivity index (χ4v) is 1.72. The summed E-state index contributed by atoms with van der Waals surface area (Å²) in [6, 6.07) is 9.73. The Bertz CT molecular complexity index is 500. The number of nitrogen functional groups attached to an aromatic ring is 1. The highest BCUT2D eigenvalue weighted by molar-refractivity contribution is 5.61. The van der Waals surface area contributed by atoms with Gasteiger partial charge in [0, 0.05) is 30.7 Å². The summed E-state index contributed by atoms with van der Waals surface area (Å²) in [5, 5.41) is 3.34. The number of nitrogens with two attached hydrogens (primary N) is 1. The third-order valence-electron chi connectivity index (χ3n) is 2.73. The number of ether oxygens (including phenoxy) is 1. The molecule has 0 amide bonds. The second-order valence-electron chi connectivity index (χ2n) is 3.99. The zero-order valence-corrected chi connectivity index (χ0v) is 10.4. The van der Waals surface area contributed by atoms with E-state index in [0.29, 0.717) is 11.4 Å². The van der Waals surface area contributed by atoms with Crippen LogP contribution in [0.2, 0.25) is 0 Å². The highest BCUT2D eigenvalue weighted by atomic mass is 16.5. The van der Waals surface area contributed by atoms with E-state index in [9.17, 15) is 0 Å². The molecule has 94 valence electrons. The lowest BCUT2D eigenvalue weighted by atomic mass is 10.2. The summed E-state index contributed by atoms with van der Waals surface area (Å²) in [6.07, 6.45) is 4.57. The predicted molar refractivity (Wildman–Crippen MR) is 73.8 cm³/mol. The van der Waals surface area contributed by atoms with E-state index in [0.717, 1.165) is 18.7 Å². The van der Waals surface area contributed by atoms with Gasteiger partial charge in [-0.25, -0.2) is 0 Å². The molecule has 0 aliphatic heterocycles. The first kappa shape index (κ1) is 12.2. The topological polar surface area (TPSA) is 60.2 Å². The van der Waals surface area contributed by atoms with E-state index >= 15 is 0 Å². The summed E-state index contributed by atoms with van der Waals surface area (Å²) in [7, 11) is 1.62. The second kappa shape index (κ2) is 5.91. The number of aromatic nitrogens is 1. The molecule has 0 spiro atoms. The summed E-state index contributed by atoms with van der Waals surface area (Å²) in [5.74, 6) is 0.698. The van der Waals surface area contributed by atoms with Crippen molar-refractivity contribution in [2.45, 2.75) is 6.42 Å². The predicted octanol–water partition coefficient (Wildman–Crippen LogP) is 2.33. The lowest BCUT2D eigenvalue weighted by molar-refractivity contribution is 0.417. The third kappa shape index (κ3) is 3.13. The van der Waals surface area contributed by atoms with Crippen LogP contribution in [0.5, 0.6) is 5.75 Å². The molecule has 18 heavy (non-hydrogen) atoms. The molecule has 2 rings (SSSR count). The van der Waals surface area contributed by atoms with E-state index in [1.54, 1.807) is 7.11 Å². The second-order valence-corrected chi connectivity index (χ2v) is 3.99. The Morgan fingerprint density at radius 3 is 2.72 bits per heavy atom. The smallest absolute Gasteiger partial charge is 0.143 e. The molecule has 2 aromatic rings. The van der Waals surface area contributed by atoms with Crippen molar-refractivity contribution in [2.75, 3.05) is 24.7 Å². The molecule has 0 saturated heterocycles. The van der Waals surface area contributed by atoms with Gasteiger partial charge in [0.05, 0.1) is 12.8 Å². The van der Waals surface area contributed by atoms with Crippen LogP contribution in [0.1, 0.15) is 5.56 Å². The van der Waals surface area contributed by atoms with Crippen LogP contribution in [0.15, 0.2) is 42.7 Å². The summed E-state index contributed by atoms with van der Waals surface area (Å²) < 4.78 is 5.18. The van der Waals surface area contributed by atoms with Gasteiger partial charge in [0.15, 0.2) is 0 Å². The lowest BCUT2D eigenvalue weighted by Crippen LogP contribution is -2.05. The number of benzene rings is 1. The fraction of sp³-hybridized carbons (Fsp3) is 0.214. The van der Waals surface area contributed by atoms with Gasteiger partial charge >= 0.3 is 0 Å². The van der Waals surface area contributed by atoms with Gasteiger partial charge in [0.25, 0.3) is 0 Å². The highest BCUT2D eigenvalue weighted by Gasteiger charge is 2.00. The standard InChI is InChI=1S/C14H17N3O/c1-18-14-10-12(2-3-13(14)15)17-9-6-11-4-7-16-8-5-11/h2-5,7-8,10,17H,6,9,15H2,1H3. The van der Waals surface area contributed by atoms with Crippen molar-refractivity contribution >= 4 is 11.4 Å². The van der Waals surface area contributed by atoms with Gasteiger partial charge in [-0.15, -0.1) is 0 Å². The molecule has 0 fully saturated rings. The summed E-state index contributed by atoms with van der Waals surface area (Å²) in [4.78, 5) is 3.99. The van der Waals surface area contributed by atoms with Crippen molar-refractivity contribution in [3.8, 4) is 5.75 Å². The molecule has 1 aromatic carbocycles. The minimum Gasteiger partial charge on any atom is -0.495 e. The van der Waals surface area contributed by atoms with E-state index < -0.39 is 0 Å². The lowest BCUT2D eigenvalue weighted by Gasteiger charge is -2.09. The Hall–Kier alpha value is -2.23. The first-order chi connectivity index (χ1) is 8.79. The number of rotatable bonds is 5. The SMILES string of the molecule is COc1cc(NCCc2ccncc2)ccc1N. The van der Waals surface area contributed by atoms with Crippen molar-refractivity contribution < 1.29 is 4.74 Å². The van der Waals surface area contributed by atoms with Crippen LogP contribution in [-0.2, 0) is 6.42 Å². The Morgan fingerprint density at radius 1 is 1.22 bits per heavy atom. The van der Waals surface area contributed by atoms with Crippen molar-refractivity contribution in [2.24, 2.45) is 0 Å². The highest BCUT2D eigenvalue weighted by Crippen LogP contribution is 2.24. The molecule has 4 heteroatoms. The Kier molecular flexibility index (Phi) is 4.02. The summed E-state index contributed by atoms with van der Waals surface area (Å²) in [6.45, 7) is 0.858. The van der Waals surface area contributed by atoms with Crippen LogP contribution in [0, 0.1) is 0 Å². The van der Waals surface area contributed by atoms with E-state index in [2.05, 4.69) is 10.3 Å². The van der Waals surface area contributed by atoms with Crippen molar-refractivity contribution in [1.82, 2.24) is 4.98 Å². The van der Waals surface area contributed by atoms with Gasteiger partial charge in [-0.1, -0.05) is 0 Å². The van der Waals surface area contributed by atoms with Gasteiger partial charge in [-0.3, -0.25) is 4.98 Å². The van der Waals surface area contributed by atoms with Crippen LogP contribution in [0.3, 0.4) is 0 Å². The molecule has 0 unspecified atom stereocenters. The quantitative estimate of drug-likeness (QED) is 0.791. The maximum absolute atomic E-state index is 5.76. The third-order valence-corrected chi connectivity index (χ3v) is 2.73. The molecule has 3 N–H and O–H groups in total. The van der Waals surface area contributed by atoms with Gasteiger partial charge in [-0.2, -0.15) is 0 Å². The molecule has 1 aromatic heterocycles. The van der Waals surface area contributed by atoms with Crippen molar-refractivity contribution in [3.05, 3.63) is 48.3 Å².